The number of nitrogens with zero attached hydrogens (tertiary/aromatic N) is 1. The number of pyridine rings is 1. The number of aliphatic hydroxyl groups is 1. The number of benzene rings is 4. The molecule has 5 aromatic rings. The summed E-state index contributed by atoms with van der Waals surface area (Å²) in [6.07, 6.45) is 4.75. The van der Waals surface area contributed by atoms with Crippen molar-refractivity contribution in [1.29, 1.82) is 0 Å². The van der Waals surface area contributed by atoms with Gasteiger partial charge in [-0.15, -0.1) is 29.3 Å². The average molecular weight is 925 g/mol. The number of hydrogen-bond acceptors (Lipinski definition) is 3. The summed E-state index contributed by atoms with van der Waals surface area (Å²) in [5.74, 6) is 0.286. The molecule has 2 aliphatic rings. The third-order valence-electron chi connectivity index (χ3n) is 13.6. The Morgan fingerprint density at radius 3 is 1.89 bits per heavy atom. The molecule has 0 spiro atoms. The standard InChI is InChI=1S/C37H34N.C15H28O2.Ir/c1-35(2,3)28-20-13-21-29-30(28)22-14-8-9-15-23(22)34(38-29)26-18-12-17-25-31(26)37(6,7)32-24-16-10-11-19-27(24)36(4,5)33(25)32;1-7-14(5,8-2)12(16)11-13(17)15(6,9-3)10-4;/h8-17,19-21H,1-7H3;11,16H,7-10H2,1-6H3;/q-1;;/b;12-11-;. The molecule has 4 aromatic carbocycles. The van der Waals surface area contributed by atoms with Gasteiger partial charge in [-0.25, -0.2) is 0 Å². The van der Waals surface area contributed by atoms with Gasteiger partial charge in [0.2, 0.25) is 0 Å². The molecule has 297 valence electrons. The van der Waals surface area contributed by atoms with Crippen LogP contribution in [-0.4, -0.2) is 15.9 Å². The van der Waals surface area contributed by atoms with E-state index in [2.05, 4.69) is 133 Å². The van der Waals surface area contributed by atoms with Crippen molar-refractivity contribution in [2.45, 2.75) is 132 Å². The second-order valence-corrected chi connectivity index (χ2v) is 18.6. The van der Waals surface area contributed by atoms with Gasteiger partial charge in [0.25, 0.3) is 0 Å². The molecule has 0 amide bonds. The number of ketones is 1. The number of rotatable bonds is 8. The van der Waals surface area contributed by atoms with Crippen molar-refractivity contribution < 1.29 is 30.0 Å². The van der Waals surface area contributed by atoms with E-state index in [0.29, 0.717) is 0 Å². The Morgan fingerprint density at radius 2 is 1.29 bits per heavy atom. The van der Waals surface area contributed by atoms with Gasteiger partial charge in [0, 0.05) is 47.8 Å². The number of aromatic nitrogens is 1. The molecule has 7 rings (SSSR count). The number of fused-ring (bicyclic) bond motifs is 7. The maximum absolute atomic E-state index is 12.2. The summed E-state index contributed by atoms with van der Waals surface area (Å²) in [7, 11) is 0. The predicted molar refractivity (Wildman–Crippen MR) is 235 cm³/mol. The van der Waals surface area contributed by atoms with Crippen molar-refractivity contribution in [3.63, 3.8) is 0 Å². The van der Waals surface area contributed by atoms with Crippen LogP contribution in [0, 0.1) is 16.9 Å². The summed E-state index contributed by atoms with van der Waals surface area (Å²) in [6.45, 7) is 28.5. The molecule has 1 aromatic heterocycles. The van der Waals surface area contributed by atoms with Crippen LogP contribution in [0.3, 0.4) is 0 Å². The molecule has 2 aliphatic carbocycles. The molecule has 1 N–H and O–H groups in total. The minimum Gasteiger partial charge on any atom is -0.512 e. The van der Waals surface area contributed by atoms with E-state index in [1.807, 2.05) is 41.5 Å². The minimum atomic E-state index is -0.337. The van der Waals surface area contributed by atoms with Crippen molar-refractivity contribution in [3.05, 3.63) is 125 Å². The first kappa shape index (κ1) is 43.3. The minimum absolute atomic E-state index is 0. The van der Waals surface area contributed by atoms with Crippen LogP contribution in [0.1, 0.15) is 144 Å². The van der Waals surface area contributed by atoms with E-state index in [-0.39, 0.29) is 58.7 Å². The predicted octanol–water partition coefficient (Wildman–Crippen LogP) is 14.3. The molecule has 3 nitrogen and oxygen atoms in total. The van der Waals surface area contributed by atoms with Crippen LogP contribution in [-0.2, 0) is 41.1 Å². The molecule has 1 heterocycles. The van der Waals surface area contributed by atoms with Gasteiger partial charge < -0.3 is 5.11 Å². The van der Waals surface area contributed by atoms with Crippen molar-refractivity contribution >= 4 is 38.6 Å². The first-order chi connectivity index (χ1) is 25.8. The second kappa shape index (κ2) is 15.5. The van der Waals surface area contributed by atoms with Gasteiger partial charge in [-0.3, -0.25) is 9.78 Å². The maximum Gasteiger partial charge on any atom is 0.164 e. The molecule has 0 saturated carbocycles. The smallest absolute Gasteiger partial charge is 0.164 e. The van der Waals surface area contributed by atoms with Gasteiger partial charge >= 0.3 is 0 Å². The monoisotopic (exact) mass is 925 g/mol. The number of hydrogen-bond donors (Lipinski definition) is 1. The molecular formula is C52H62IrNO2-. The number of carbonyl (C=O) groups excluding carboxylic acids is 1. The Labute approximate surface area is 350 Å². The Hall–Kier alpha value is -3.85. The van der Waals surface area contributed by atoms with E-state index >= 15 is 0 Å². The van der Waals surface area contributed by atoms with Crippen molar-refractivity contribution in [1.82, 2.24) is 4.98 Å². The van der Waals surface area contributed by atoms with Gasteiger partial charge in [-0.05, 0) is 86.9 Å². The zero-order valence-electron chi connectivity index (χ0n) is 36.0. The molecule has 0 fully saturated rings. The van der Waals surface area contributed by atoms with E-state index in [4.69, 9.17) is 4.98 Å². The average Bonchev–Trinajstić information content (AvgIpc) is 3.58. The number of aliphatic hydroxyl groups excluding tert-OH is 1. The summed E-state index contributed by atoms with van der Waals surface area (Å²) in [6, 6.07) is 32.5. The van der Waals surface area contributed by atoms with Crippen molar-refractivity contribution in [3.8, 4) is 11.3 Å². The fourth-order valence-electron chi connectivity index (χ4n) is 9.12. The van der Waals surface area contributed by atoms with Crippen LogP contribution in [0.2, 0.25) is 0 Å². The van der Waals surface area contributed by atoms with Gasteiger partial charge in [0.15, 0.2) is 5.78 Å². The Balaban J connectivity index is 0.000000285. The third-order valence-corrected chi connectivity index (χ3v) is 13.6. The van der Waals surface area contributed by atoms with Gasteiger partial charge in [-0.2, -0.15) is 0 Å². The summed E-state index contributed by atoms with van der Waals surface area (Å²) in [5.41, 5.74) is 12.3. The Kier molecular flexibility index (Phi) is 12.0. The van der Waals surface area contributed by atoms with Crippen LogP contribution >= 0.6 is 0 Å². The first-order valence-electron chi connectivity index (χ1n) is 20.5. The van der Waals surface area contributed by atoms with E-state index < -0.39 is 0 Å². The topological polar surface area (TPSA) is 50.2 Å². The van der Waals surface area contributed by atoms with Gasteiger partial charge in [0.1, 0.15) is 5.76 Å². The Morgan fingerprint density at radius 1 is 0.714 bits per heavy atom. The third kappa shape index (κ3) is 6.94. The first-order valence-corrected chi connectivity index (χ1v) is 20.5. The summed E-state index contributed by atoms with van der Waals surface area (Å²) < 4.78 is 0. The fraction of sp³-hybridized carbons (Fsp3) is 0.423. The van der Waals surface area contributed by atoms with E-state index in [1.165, 1.54) is 61.2 Å². The van der Waals surface area contributed by atoms with E-state index in [0.717, 1.165) is 42.5 Å². The summed E-state index contributed by atoms with van der Waals surface area (Å²) in [4.78, 5) is 17.6. The van der Waals surface area contributed by atoms with Crippen molar-refractivity contribution in [2.24, 2.45) is 10.8 Å². The fourth-order valence-corrected chi connectivity index (χ4v) is 9.12. The van der Waals surface area contributed by atoms with Crippen LogP contribution in [0.15, 0.2) is 90.7 Å². The van der Waals surface area contributed by atoms with Crippen LogP contribution < -0.4 is 0 Å². The van der Waals surface area contributed by atoms with Gasteiger partial charge in [-0.1, -0.05) is 156 Å². The normalized spacial score (nSPS) is 15.8. The molecule has 4 heteroatoms. The maximum atomic E-state index is 12.2. The quantitative estimate of drug-likeness (QED) is 0.0730. The molecule has 0 atom stereocenters. The number of allylic oxidation sites excluding steroid dienone is 4. The van der Waals surface area contributed by atoms with Crippen molar-refractivity contribution in [2.75, 3.05) is 0 Å². The zero-order valence-corrected chi connectivity index (χ0v) is 38.4. The van der Waals surface area contributed by atoms with Crippen LogP contribution in [0.5, 0.6) is 0 Å². The molecule has 56 heavy (non-hydrogen) atoms. The largest absolute Gasteiger partial charge is 0.512 e. The van der Waals surface area contributed by atoms with E-state index in [1.54, 1.807) is 0 Å². The molecule has 0 saturated heterocycles. The van der Waals surface area contributed by atoms with Crippen LogP contribution in [0.4, 0.5) is 0 Å². The molecule has 0 bridgehead atoms. The second-order valence-electron chi connectivity index (χ2n) is 18.6. The zero-order chi connectivity index (χ0) is 40.3. The molecular weight excluding hydrogens is 863 g/mol. The van der Waals surface area contributed by atoms with Crippen LogP contribution in [0.25, 0.3) is 44.1 Å². The van der Waals surface area contributed by atoms with E-state index in [9.17, 15) is 9.90 Å². The SMILES string of the molecule is CC(C)(C)c1cccc2nc(-c3[c-]ccc4c3C(C)(C)C3=C4C(C)(C)c4ccccc43)c3ccccc3c12.CCC(C)(CC)C(=O)/C=C(\O)C(C)(CC)CC.[Ir]. The Bertz CT molecular complexity index is 2360. The molecule has 0 unspecified atom stereocenters. The molecule has 0 aliphatic heterocycles. The van der Waals surface area contributed by atoms with Gasteiger partial charge in [0.05, 0.1) is 5.52 Å². The molecule has 1 radical (unpaired) electrons. The summed E-state index contributed by atoms with van der Waals surface area (Å²) >= 11 is 0. The summed E-state index contributed by atoms with van der Waals surface area (Å²) in [5, 5.41) is 13.9. The number of carbonyl (C=O) groups is 1.